The molecule has 1 atom stereocenters. The Morgan fingerprint density at radius 2 is 2.00 bits per heavy atom. The van der Waals surface area contributed by atoms with Crippen LogP contribution in [0.1, 0.15) is 51.4 Å². The van der Waals surface area contributed by atoms with Crippen molar-refractivity contribution in [2.45, 2.75) is 63.5 Å². The molecule has 4 nitrogen and oxygen atoms in total. The van der Waals surface area contributed by atoms with Crippen LogP contribution in [0.15, 0.2) is 0 Å². The Morgan fingerprint density at radius 1 is 1.17 bits per heavy atom. The minimum atomic E-state index is 0.0456. The molecule has 0 spiro atoms. The van der Waals surface area contributed by atoms with Crippen molar-refractivity contribution in [3.63, 3.8) is 0 Å². The Kier molecular flexibility index (Phi) is 5.94. The summed E-state index contributed by atoms with van der Waals surface area (Å²) in [7, 11) is 0. The lowest BCUT2D eigenvalue weighted by Crippen LogP contribution is -2.40. The average molecular weight is 254 g/mol. The molecular weight excluding hydrogens is 228 g/mol. The quantitative estimate of drug-likeness (QED) is 0.708. The van der Waals surface area contributed by atoms with Crippen molar-refractivity contribution >= 4 is 5.91 Å². The van der Waals surface area contributed by atoms with Gasteiger partial charge in [0.1, 0.15) is 0 Å². The molecule has 0 radical (unpaired) electrons. The fourth-order valence-corrected chi connectivity index (χ4v) is 2.80. The van der Waals surface area contributed by atoms with Gasteiger partial charge in [-0.15, -0.1) is 0 Å². The van der Waals surface area contributed by atoms with Gasteiger partial charge in [-0.25, -0.2) is 0 Å². The third-order valence-electron chi connectivity index (χ3n) is 3.90. The molecule has 0 aromatic rings. The van der Waals surface area contributed by atoms with Crippen molar-refractivity contribution in [1.82, 2.24) is 10.6 Å². The predicted octanol–water partition coefficient (Wildman–Crippen LogP) is 1.59. The fraction of sp³-hybridized carbons (Fsp3) is 0.929. The molecule has 104 valence electrons. The molecule has 0 unspecified atom stereocenters. The number of hydrogen-bond acceptors (Lipinski definition) is 3. The number of carbonyl (C=O) groups excluding carboxylic acids is 1. The molecule has 0 aromatic heterocycles. The second-order valence-corrected chi connectivity index (χ2v) is 5.42. The normalized spacial score (nSPS) is 25.2. The molecule has 0 bridgehead atoms. The highest BCUT2D eigenvalue weighted by Crippen LogP contribution is 2.20. The minimum absolute atomic E-state index is 0.0456. The molecule has 4 heteroatoms. The van der Waals surface area contributed by atoms with Gasteiger partial charge in [-0.2, -0.15) is 0 Å². The Bertz CT molecular complexity index is 246. The third kappa shape index (κ3) is 4.58. The van der Waals surface area contributed by atoms with Crippen molar-refractivity contribution in [3.05, 3.63) is 0 Å². The molecule has 1 heterocycles. The van der Waals surface area contributed by atoms with Crippen LogP contribution in [0.5, 0.6) is 0 Å². The topological polar surface area (TPSA) is 50.4 Å². The van der Waals surface area contributed by atoms with Gasteiger partial charge in [0.25, 0.3) is 0 Å². The van der Waals surface area contributed by atoms with E-state index in [0.717, 1.165) is 39.0 Å². The van der Waals surface area contributed by atoms with Gasteiger partial charge in [0.15, 0.2) is 0 Å². The number of carbonyl (C=O) groups is 1. The van der Waals surface area contributed by atoms with Crippen molar-refractivity contribution in [1.29, 1.82) is 0 Å². The maximum atomic E-state index is 11.7. The summed E-state index contributed by atoms with van der Waals surface area (Å²) in [6.45, 7) is 2.50. The average Bonchev–Trinajstić information content (AvgIpc) is 2.93. The number of ether oxygens (including phenoxy) is 1. The van der Waals surface area contributed by atoms with E-state index in [4.69, 9.17) is 4.74 Å². The highest BCUT2D eigenvalue weighted by Gasteiger charge is 2.21. The van der Waals surface area contributed by atoms with Crippen LogP contribution < -0.4 is 10.6 Å². The van der Waals surface area contributed by atoms with E-state index in [1.54, 1.807) is 0 Å². The fourth-order valence-electron chi connectivity index (χ4n) is 2.80. The lowest BCUT2D eigenvalue weighted by atomic mass is 9.98. The second-order valence-electron chi connectivity index (χ2n) is 5.42. The Morgan fingerprint density at radius 3 is 2.72 bits per heavy atom. The molecule has 1 saturated heterocycles. The van der Waals surface area contributed by atoms with E-state index in [2.05, 4.69) is 10.6 Å². The number of hydrogen-bond donors (Lipinski definition) is 2. The standard InChI is InChI=1S/C14H26N2O2/c17-14(13-8-4-9-15-13)16-10-5-11-18-12-6-2-1-3-7-12/h12-13,15H,1-11H2,(H,16,17)/t13-/m0/s1. The molecule has 1 aliphatic heterocycles. The van der Waals surface area contributed by atoms with E-state index in [1.165, 1.54) is 32.1 Å². The van der Waals surface area contributed by atoms with E-state index >= 15 is 0 Å². The maximum Gasteiger partial charge on any atom is 0.237 e. The van der Waals surface area contributed by atoms with Crippen molar-refractivity contribution < 1.29 is 9.53 Å². The van der Waals surface area contributed by atoms with Crippen LogP contribution in [0.4, 0.5) is 0 Å². The first-order valence-corrected chi connectivity index (χ1v) is 7.49. The summed E-state index contributed by atoms with van der Waals surface area (Å²) in [5.74, 6) is 0.158. The van der Waals surface area contributed by atoms with E-state index in [1.807, 2.05) is 0 Å². The number of rotatable bonds is 6. The number of amides is 1. The SMILES string of the molecule is O=C(NCCCOC1CCCCC1)[C@@H]1CCCN1. The Balaban J connectivity index is 1.46. The van der Waals surface area contributed by atoms with Gasteiger partial charge in [0.05, 0.1) is 12.1 Å². The number of nitrogens with one attached hydrogen (secondary N) is 2. The molecule has 18 heavy (non-hydrogen) atoms. The highest BCUT2D eigenvalue weighted by molar-refractivity contribution is 5.81. The third-order valence-corrected chi connectivity index (χ3v) is 3.90. The summed E-state index contributed by atoms with van der Waals surface area (Å²) in [5, 5.41) is 6.19. The van der Waals surface area contributed by atoms with E-state index in [-0.39, 0.29) is 11.9 Å². The molecule has 1 amide bonds. The lowest BCUT2D eigenvalue weighted by molar-refractivity contribution is -0.122. The van der Waals surface area contributed by atoms with Gasteiger partial charge in [-0.3, -0.25) is 4.79 Å². The van der Waals surface area contributed by atoms with Gasteiger partial charge < -0.3 is 15.4 Å². The van der Waals surface area contributed by atoms with Crippen LogP contribution in [0.25, 0.3) is 0 Å². The molecule has 2 fully saturated rings. The van der Waals surface area contributed by atoms with Crippen LogP contribution in [0.3, 0.4) is 0 Å². The van der Waals surface area contributed by atoms with Gasteiger partial charge in [-0.05, 0) is 38.6 Å². The first-order chi connectivity index (χ1) is 8.86. The molecule has 2 aliphatic rings. The molecule has 0 aromatic carbocycles. The zero-order chi connectivity index (χ0) is 12.6. The summed E-state index contributed by atoms with van der Waals surface area (Å²) in [6.07, 6.45) is 9.93. The van der Waals surface area contributed by atoms with E-state index in [0.29, 0.717) is 6.10 Å². The van der Waals surface area contributed by atoms with Crippen LogP contribution in [-0.2, 0) is 9.53 Å². The summed E-state index contributed by atoms with van der Waals surface area (Å²) in [4.78, 5) is 11.7. The minimum Gasteiger partial charge on any atom is -0.378 e. The Labute approximate surface area is 110 Å². The zero-order valence-corrected chi connectivity index (χ0v) is 11.2. The monoisotopic (exact) mass is 254 g/mol. The molecule has 2 rings (SSSR count). The summed E-state index contributed by atoms with van der Waals surface area (Å²) in [6, 6.07) is 0.0456. The van der Waals surface area contributed by atoms with Gasteiger partial charge in [0, 0.05) is 13.2 Å². The van der Waals surface area contributed by atoms with Gasteiger partial charge in [0.2, 0.25) is 5.91 Å². The van der Waals surface area contributed by atoms with Crippen LogP contribution in [0.2, 0.25) is 0 Å². The van der Waals surface area contributed by atoms with E-state index in [9.17, 15) is 4.79 Å². The molecule has 2 N–H and O–H groups in total. The van der Waals surface area contributed by atoms with Gasteiger partial charge in [-0.1, -0.05) is 19.3 Å². The van der Waals surface area contributed by atoms with E-state index < -0.39 is 0 Å². The van der Waals surface area contributed by atoms with Crippen LogP contribution in [-0.4, -0.2) is 37.7 Å². The first kappa shape index (κ1) is 13.8. The van der Waals surface area contributed by atoms with Crippen molar-refractivity contribution in [3.8, 4) is 0 Å². The summed E-state index contributed by atoms with van der Waals surface area (Å²) >= 11 is 0. The second kappa shape index (κ2) is 7.74. The van der Waals surface area contributed by atoms with Crippen LogP contribution in [0, 0.1) is 0 Å². The van der Waals surface area contributed by atoms with Crippen molar-refractivity contribution in [2.24, 2.45) is 0 Å². The zero-order valence-electron chi connectivity index (χ0n) is 11.2. The lowest BCUT2D eigenvalue weighted by Gasteiger charge is -2.22. The maximum absolute atomic E-state index is 11.7. The molecule has 1 aliphatic carbocycles. The summed E-state index contributed by atoms with van der Waals surface area (Å²) < 4.78 is 5.82. The summed E-state index contributed by atoms with van der Waals surface area (Å²) in [5.41, 5.74) is 0. The predicted molar refractivity (Wildman–Crippen MR) is 71.5 cm³/mol. The molecular formula is C14H26N2O2. The van der Waals surface area contributed by atoms with Gasteiger partial charge >= 0.3 is 0 Å². The Hall–Kier alpha value is -0.610. The molecule has 1 saturated carbocycles. The highest BCUT2D eigenvalue weighted by atomic mass is 16.5. The largest absolute Gasteiger partial charge is 0.378 e. The van der Waals surface area contributed by atoms with Crippen molar-refractivity contribution in [2.75, 3.05) is 19.7 Å². The smallest absolute Gasteiger partial charge is 0.237 e. The first-order valence-electron chi connectivity index (χ1n) is 7.49. The van der Waals surface area contributed by atoms with Crippen LogP contribution >= 0.6 is 0 Å².